The summed E-state index contributed by atoms with van der Waals surface area (Å²) in [7, 11) is 0. The van der Waals surface area contributed by atoms with Crippen LogP contribution in [0.25, 0.3) is 0 Å². The van der Waals surface area contributed by atoms with E-state index in [9.17, 15) is 0 Å². The molecule has 3 N–H and O–H groups in total. The van der Waals surface area contributed by atoms with Gasteiger partial charge >= 0.3 is 0 Å². The second-order valence-electron chi connectivity index (χ2n) is 2.35. The Hall–Kier alpha value is -1.58. The van der Waals surface area contributed by atoms with Gasteiger partial charge in [0.25, 0.3) is 0 Å². The number of nitrogens with zero attached hydrogens (tertiary/aromatic N) is 2. The molecule has 0 aromatic carbocycles. The first-order valence-electron chi connectivity index (χ1n) is 3.37. The van der Waals surface area contributed by atoms with E-state index in [0.29, 0.717) is 5.96 Å². The Balaban J connectivity index is 2.51. The number of pyridine rings is 1. The van der Waals surface area contributed by atoms with Crippen LogP contribution in [-0.4, -0.2) is 10.9 Å². The lowest BCUT2D eigenvalue weighted by Gasteiger charge is -2.13. The van der Waals surface area contributed by atoms with Gasteiger partial charge in [-0.15, -0.1) is 0 Å². The summed E-state index contributed by atoms with van der Waals surface area (Å²) in [5, 5.41) is 2.94. The van der Waals surface area contributed by atoms with Gasteiger partial charge in [0.15, 0.2) is 5.96 Å². The molecule has 1 aromatic heterocycles. The summed E-state index contributed by atoms with van der Waals surface area (Å²) in [6.45, 7) is 0.743. The van der Waals surface area contributed by atoms with Crippen LogP contribution in [-0.2, 0) is 6.54 Å². The normalized spacial score (nSPS) is 14.7. The van der Waals surface area contributed by atoms with Crippen LogP contribution >= 0.6 is 0 Å². The maximum atomic E-state index is 5.46. The predicted octanol–water partition coefficient (Wildman–Crippen LogP) is 0.131. The van der Waals surface area contributed by atoms with Crippen molar-refractivity contribution in [1.29, 1.82) is 0 Å². The lowest BCUT2D eigenvalue weighted by molar-refractivity contribution is 0.877. The molecule has 1 aliphatic heterocycles. The molecule has 11 heavy (non-hydrogen) atoms. The van der Waals surface area contributed by atoms with Crippen LogP contribution in [0.3, 0.4) is 0 Å². The first kappa shape index (κ1) is 6.15. The van der Waals surface area contributed by atoms with Gasteiger partial charge in [0, 0.05) is 18.3 Å². The summed E-state index contributed by atoms with van der Waals surface area (Å²) >= 11 is 0. The largest absolute Gasteiger partial charge is 0.370 e. The van der Waals surface area contributed by atoms with Crippen molar-refractivity contribution < 1.29 is 0 Å². The van der Waals surface area contributed by atoms with Crippen LogP contribution in [0.5, 0.6) is 0 Å². The fourth-order valence-corrected chi connectivity index (χ4v) is 1.02. The minimum absolute atomic E-state index is 0.463. The lowest BCUT2D eigenvalue weighted by atomic mass is 10.2. The van der Waals surface area contributed by atoms with Crippen molar-refractivity contribution in [2.75, 3.05) is 0 Å². The Kier molecular flexibility index (Phi) is 1.25. The Labute approximate surface area is 64.2 Å². The van der Waals surface area contributed by atoms with Gasteiger partial charge in [0.05, 0.1) is 11.9 Å². The Morgan fingerprint density at radius 1 is 1.55 bits per heavy atom. The van der Waals surface area contributed by atoms with Crippen molar-refractivity contribution in [3.63, 3.8) is 0 Å². The zero-order valence-corrected chi connectivity index (χ0v) is 5.91. The van der Waals surface area contributed by atoms with Gasteiger partial charge in [-0.1, -0.05) is 0 Å². The van der Waals surface area contributed by atoms with E-state index < -0.39 is 0 Å². The molecular formula is C7H8N4. The number of fused-ring (bicyclic) bond motifs is 1. The van der Waals surface area contributed by atoms with E-state index in [1.807, 2.05) is 6.07 Å². The highest BCUT2D eigenvalue weighted by molar-refractivity contribution is 5.83. The molecule has 0 saturated heterocycles. The maximum Gasteiger partial charge on any atom is 0.194 e. The molecule has 0 fully saturated rings. The number of rotatable bonds is 0. The summed E-state index contributed by atoms with van der Waals surface area (Å²) in [5.41, 5.74) is 7.46. The van der Waals surface area contributed by atoms with Crippen molar-refractivity contribution in [3.8, 4) is 0 Å². The molecule has 0 unspecified atom stereocenters. The minimum Gasteiger partial charge on any atom is -0.370 e. The SMILES string of the molecule is NC1=Nc2cnccc2CN1. The molecule has 4 heteroatoms. The Morgan fingerprint density at radius 2 is 2.45 bits per heavy atom. The molecule has 2 rings (SSSR count). The van der Waals surface area contributed by atoms with Gasteiger partial charge in [0.1, 0.15) is 0 Å². The zero-order chi connectivity index (χ0) is 7.68. The first-order valence-corrected chi connectivity index (χ1v) is 3.37. The minimum atomic E-state index is 0.463. The number of hydrogen-bond donors (Lipinski definition) is 2. The molecule has 1 aliphatic rings. The fraction of sp³-hybridized carbons (Fsp3) is 0.143. The molecule has 1 aromatic rings. The highest BCUT2D eigenvalue weighted by atomic mass is 15.1. The van der Waals surface area contributed by atoms with Gasteiger partial charge in [-0.2, -0.15) is 0 Å². The molecule has 4 nitrogen and oxygen atoms in total. The lowest BCUT2D eigenvalue weighted by Crippen LogP contribution is -2.33. The fourth-order valence-electron chi connectivity index (χ4n) is 1.02. The van der Waals surface area contributed by atoms with Crippen molar-refractivity contribution in [2.24, 2.45) is 10.7 Å². The van der Waals surface area contributed by atoms with Crippen molar-refractivity contribution in [2.45, 2.75) is 6.54 Å². The average Bonchev–Trinajstić information content (AvgIpc) is 2.04. The highest BCUT2D eigenvalue weighted by Crippen LogP contribution is 2.18. The zero-order valence-electron chi connectivity index (χ0n) is 5.91. The van der Waals surface area contributed by atoms with Crippen LogP contribution in [0.1, 0.15) is 5.56 Å². The van der Waals surface area contributed by atoms with Crippen LogP contribution in [0, 0.1) is 0 Å². The molecular weight excluding hydrogens is 140 g/mol. The van der Waals surface area contributed by atoms with E-state index in [4.69, 9.17) is 5.73 Å². The number of hydrogen-bond acceptors (Lipinski definition) is 4. The summed E-state index contributed by atoms with van der Waals surface area (Å²) in [6.07, 6.45) is 3.46. The Bertz CT molecular complexity index is 305. The van der Waals surface area contributed by atoms with Crippen molar-refractivity contribution in [3.05, 3.63) is 24.0 Å². The first-order chi connectivity index (χ1) is 5.36. The van der Waals surface area contributed by atoms with Gasteiger partial charge in [0.2, 0.25) is 0 Å². The highest BCUT2D eigenvalue weighted by Gasteiger charge is 2.06. The van der Waals surface area contributed by atoms with Gasteiger partial charge in [-0.3, -0.25) is 4.98 Å². The second-order valence-corrected chi connectivity index (χ2v) is 2.35. The van der Waals surface area contributed by atoms with E-state index in [0.717, 1.165) is 17.8 Å². The third kappa shape index (κ3) is 1.02. The molecule has 0 radical (unpaired) electrons. The van der Waals surface area contributed by atoms with Gasteiger partial charge in [-0.05, 0) is 6.07 Å². The third-order valence-corrected chi connectivity index (χ3v) is 1.59. The quantitative estimate of drug-likeness (QED) is 0.549. The van der Waals surface area contributed by atoms with E-state index in [2.05, 4.69) is 15.3 Å². The number of guanidine groups is 1. The summed E-state index contributed by atoms with van der Waals surface area (Å²) in [5.74, 6) is 0.463. The van der Waals surface area contributed by atoms with E-state index >= 15 is 0 Å². The molecule has 0 saturated carbocycles. The monoisotopic (exact) mass is 148 g/mol. The number of aliphatic imine (C=N–C) groups is 1. The third-order valence-electron chi connectivity index (χ3n) is 1.59. The number of aromatic nitrogens is 1. The smallest absolute Gasteiger partial charge is 0.194 e. The average molecular weight is 148 g/mol. The maximum absolute atomic E-state index is 5.46. The predicted molar refractivity (Wildman–Crippen MR) is 42.4 cm³/mol. The Morgan fingerprint density at radius 3 is 3.36 bits per heavy atom. The van der Waals surface area contributed by atoms with Gasteiger partial charge < -0.3 is 11.1 Å². The van der Waals surface area contributed by atoms with Crippen molar-refractivity contribution in [1.82, 2.24) is 10.3 Å². The summed E-state index contributed by atoms with van der Waals surface area (Å²) in [4.78, 5) is 8.01. The molecule has 0 atom stereocenters. The molecule has 2 heterocycles. The van der Waals surface area contributed by atoms with Crippen LogP contribution in [0.15, 0.2) is 23.5 Å². The van der Waals surface area contributed by atoms with Crippen molar-refractivity contribution >= 4 is 11.6 Å². The van der Waals surface area contributed by atoms with Gasteiger partial charge in [-0.25, -0.2) is 4.99 Å². The van der Waals surface area contributed by atoms with E-state index in [1.165, 1.54) is 0 Å². The number of nitrogens with one attached hydrogen (secondary N) is 1. The summed E-state index contributed by atoms with van der Waals surface area (Å²) < 4.78 is 0. The summed E-state index contributed by atoms with van der Waals surface area (Å²) in [6, 6.07) is 1.93. The van der Waals surface area contributed by atoms with Crippen LogP contribution in [0.4, 0.5) is 5.69 Å². The molecule has 56 valence electrons. The molecule has 0 spiro atoms. The topological polar surface area (TPSA) is 63.3 Å². The van der Waals surface area contributed by atoms with E-state index in [-0.39, 0.29) is 0 Å². The van der Waals surface area contributed by atoms with Crippen LogP contribution < -0.4 is 11.1 Å². The number of nitrogens with two attached hydrogens (primary N) is 1. The molecule has 0 aliphatic carbocycles. The standard InChI is InChI=1S/C7H8N4/c8-7-10-3-5-1-2-9-4-6(5)11-7/h1-2,4H,3H2,(H3,8,10,11). The molecule has 0 amide bonds. The van der Waals surface area contributed by atoms with Crippen LogP contribution in [0.2, 0.25) is 0 Å². The van der Waals surface area contributed by atoms with E-state index in [1.54, 1.807) is 12.4 Å². The molecule has 0 bridgehead atoms. The second kappa shape index (κ2) is 2.23.